The highest BCUT2D eigenvalue weighted by Crippen LogP contribution is 2.39. The van der Waals surface area contributed by atoms with Crippen LogP contribution in [0.25, 0.3) is 10.2 Å². The van der Waals surface area contributed by atoms with E-state index in [0.717, 1.165) is 28.9 Å². The van der Waals surface area contributed by atoms with Gasteiger partial charge in [0.25, 0.3) is 0 Å². The number of hydrogen-bond acceptors (Lipinski definition) is 8. The van der Waals surface area contributed by atoms with Gasteiger partial charge >= 0.3 is 11.0 Å². The van der Waals surface area contributed by atoms with Crippen molar-refractivity contribution in [1.29, 1.82) is 0 Å². The number of thioether (sulfide) groups is 1. The average Bonchev–Trinajstić information content (AvgIpc) is 3.44. The summed E-state index contributed by atoms with van der Waals surface area (Å²) in [5.74, 6) is 0.437. The Morgan fingerprint density at radius 2 is 2.00 bits per heavy atom. The second-order valence-electron chi connectivity index (χ2n) is 9.80. The Morgan fingerprint density at radius 3 is 2.70 bits per heavy atom. The Kier molecular flexibility index (Phi) is 8.29. The number of anilines is 1. The standard InChI is InChI=1S/C27H32N4O4S2/c1-31(2)13-14-34-19-7-12-23-24(16-19)37-27(28-23)29-26(33)25(30-35-20-6-5-18(32)15-20)17-3-8-21(9-4-17)36-22-10-11-22/h3-4,7-9,12,16,18,20,22,32H,5-6,10-11,13-15H2,1-2H3,(H,28,29,33)/p+1/b30-25+/t18-,20-/m1/s1. The Hall–Kier alpha value is -2.66. The molecule has 5 rings (SSSR count). The largest absolute Gasteiger partial charge is 0.492 e. The molecule has 2 aliphatic carbocycles. The molecular weight excluding hydrogens is 508 g/mol. The molecule has 0 unspecified atom stereocenters. The number of carbonyl (C=O) groups excluding carboxylic acids is 1. The summed E-state index contributed by atoms with van der Waals surface area (Å²) in [5.41, 5.74) is 1.81. The summed E-state index contributed by atoms with van der Waals surface area (Å²) >= 11 is 3.31. The number of nitrogens with zero attached hydrogens (tertiary/aromatic N) is 2. The minimum absolute atomic E-state index is 0.190. The quantitative estimate of drug-likeness (QED) is 0.279. The minimum atomic E-state index is -0.374. The van der Waals surface area contributed by atoms with Gasteiger partial charge in [-0.2, -0.15) is 5.32 Å². The number of aliphatic hydroxyl groups is 1. The minimum Gasteiger partial charge on any atom is -0.492 e. The fourth-order valence-corrected chi connectivity index (χ4v) is 6.02. The van der Waals surface area contributed by atoms with Crippen LogP contribution in [0.1, 0.15) is 37.7 Å². The summed E-state index contributed by atoms with van der Waals surface area (Å²) in [6, 6.07) is 13.7. The first-order valence-corrected chi connectivity index (χ1v) is 14.4. The Morgan fingerprint density at radius 1 is 1.19 bits per heavy atom. The second kappa shape index (κ2) is 11.8. The number of aliphatic hydroxyl groups excluding tert-OH is 1. The molecule has 37 heavy (non-hydrogen) atoms. The number of thiazole rings is 1. The molecule has 196 valence electrons. The SMILES string of the molecule is CN(C)CCOc1ccc2[nH+]c(NC(=O)/C(=N/O[C@@H]3CC[C@@H](O)C3)c3ccc(SC4CC4)cc3)sc2c1. The van der Waals surface area contributed by atoms with E-state index in [9.17, 15) is 9.90 Å². The summed E-state index contributed by atoms with van der Waals surface area (Å²) < 4.78 is 6.83. The second-order valence-corrected chi connectivity index (χ2v) is 12.2. The zero-order valence-corrected chi connectivity index (χ0v) is 22.7. The van der Waals surface area contributed by atoms with Crippen molar-refractivity contribution in [1.82, 2.24) is 4.90 Å². The van der Waals surface area contributed by atoms with E-state index in [1.54, 1.807) is 0 Å². The number of H-pyrrole nitrogens is 1. The number of ether oxygens (including phenoxy) is 1. The molecule has 1 amide bonds. The number of nitrogens with one attached hydrogen (secondary N) is 2. The molecular formula is C27H33N4O4S2+. The van der Waals surface area contributed by atoms with Crippen molar-refractivity contribution in [2.24, 2.45) is 5.16 Å². The van der Waals surface area contributed by atoms with E-state index in [1.165, 1.54) is 29.1 Å². The number of amides is 1. The van der Waals surface area contributed by atoms with E-state index in [0.29, 0.717) is 35.4 Å². The smallest absolute Gasteiger partial charge is 0.362 e. The highest BCUT2D eigenvalue weighted by molar-refractivity contribution is 8.00. The van der Waals surface area contributed by atoms with Crippen LogP contribution in [-0.4, -0.2) is 66.3 Å². The summed E-state index contributed by atoms with van der Waals surface area (Å²) in [6.45, 7) is 1.44. The zero-order chi connectivity index (χ0) is 25.8. The summed E-state index contributed by atoms with van der Waals surface area (Å²) in [6.07, 6.45) is 3.89. The van der Waals surface area contributed by atoms with Crippen LogP contribution in [-0.2, 0) is 9.63 Å². The number of fused-ring (bicyclic) bond motifs is 1. The lowest BCUT2D eigenvalue weighted by Crippen LogP contribution is -2.27. The van der Waals surface area contributed by atoms with E-state index in [4.69, 9.17) is 9.57 Å². The van der Waals surface area contributed by atoms with Crippen LogP contribution in [0, 0.1) is 0 Å². The third-order valence-electron chi connectivity index (χ3n) is 6.27. The third kappa shape index (κ3) is 7.22. The predicted octanol–water partition coefficient (Wildman–Crippen LogP) is 4.18. The normalized spacial score (nSPS) is 19.9. The molecule has 2 aliphatic rings. The highest BCUT2D eigenvalue weighted by atomic mass is 32.2. The number of hydrogen-bond donors (Lipinski definition) is 2. The maximum atomic E-state index is 13.4. The number of rotatable bonds is 11. The van der Waals surface area contributed by atoms with Gasteiger partial charge in [-0.05, 0) is 75.4 Å². The van der Waals surface area contributed by atoms with Crippen molar-refractivity contribution in [2.75, 3.05) is 32.6 Å². The van der Waals surface area contributed by atoms with Crippen LogP contribution in [0.5, 0.6) is 5.75 Å². The maximum absolute atomic E-state index is 13.4. The first-order chi connectivity index (χ1) is 17.9. The van der Waals surface area contributed by atoms with Gasteiger partial charge in [0.2, 0.25) is 0 Å². The first kappa shape index (κ1) is 26.0. The van der Waals surface area contributed by atoms with Crippen molar-refractivity contribution < 1.29 is 24.5 Å². The molecule has 0 bridgehead atoms. The predicted molar refractivity (Wildman–Crippen MR) is 148 cm³/mol. The molecule has 2 fully saturated rings. The highest BCUT2D eigenvalue weighted by Gasteiger charge is 2.27. The number of benzene rings is 2. The fourth-order valence-electron chi connectivity index (χ4n) is 4.04. The van der Waals surface area contributed by atoms with Crippen LogP contribution in [0.3, 0.4) is 0 Å². The van der Waals surface area contributed by atoms with E-state index >= 15 is 0 Å². The summed E-state index contributed by atoms with van der Waals surface area (Å²) in [7, 11) is 4.02. The van der Waals surface area contributed by atoms with E-state index < -0.39 is 0 Å². The Balaban J connectivity index is 1.31. The van der Waals surface area contributed by atoms with Crippen molar-refractivity contribution in [3.63, 3.8) is 0 Å². The van der Waals surface area contributed by atoms with Gasteiger partial charge in [-0.1, -0.05) is 17.3 Å². The van der Waals surface area contributed by atoms with Gasteiger partial charge < -0.3 is 19.6 Å². The monoisotopic (exact) mass is 541 g/mol. The molecule has 0 spiro atoms. The van der Waals surface area contributed by atoms with Crippen molar-refractivity contribution in [2.45, 2.75) is 54.5 Å². The topological polar surface area (TPSA) is 97.5 Å². The molecule has 0 saturated heterocycles. The van der Waals surface area contributed by atoms with Gasteiger partial charge in [0.05, 0.1) is 10.8 Å². The molecule has 0 aliphatic heterocycles. The summed E-state index contributed by atoms with van der Waals surface area (Å²) in [4.78, 5) is 25.6. The van der Waals surface area contributed by atoms with Gasteiger partial charge in [0, 0.05) is 34.7 Å². The number of aromatic nitrogens is 1. The summed E-state index contributed by atoms with van der Waals surface area (Å²) in [5, 5.41) is 18.4. The Bertz CT molecular complexity index is 1260. The lowest BCUT2D eigenvalue weighted by Gasteiger charge is -2.10. The molecule has 3 aromatic rings. The average molecular weight is 542 g/mol. The van der Waals surface area contributed by atoms with Crippen molar-refractivity contribution in [3.8, 4) is 5.75 Å². The number of oxime groups is 1. The molecule has 2 saturated carbocycles. The molecule has 0 radical (unpaired) electrons. The van der Waals surface area contributed by atoms with E-state index in [1.807, 2.05) is 68.3 Å². The number of aromatic amines is 1. The molecule has 8 nitrogen and oxygen atoms in total. The maximum Gasteiger partial charge on any atom is 0.362 e. The van der Waals surface area contributed by atoms with E-state index in [2.05, 4.69) is 20.4 Å². The molecule has 10 heteroatoms. The number of carbonyl (C=O) groups is 1. The zero-order valence-electron chi connectivity index (χ0n) is 21.1. The van der Waals surface area contributed by atoms with Gasteiger partial charge in [0.1, 0.15) is 24.0 Å². The van der Waals surface area contributed by atoms with Crippen LogP contribution in [0.15, 0.2) is 52.5 Å². The van der Waals surface area contributed by atoms with Crippen molar-refractivity contribution in [3.05, 3.63) is 48.0 Å². The van der Waals surface area contributed by atoms with Gasteiger partial charge in [-0.15, -0.1) is 11.8 Å². The third-order valence-corrected chi connectivity index (χ3v) is 8.58. The molecule has 2 aromatic carbocycles. The first-order valence-electron chi connectivity index (χ1n) is 12.7. The lowest BCUT2D eigenvalue weighted by molar-refractivity contribution is -0.321. The molecule has 1 aromatic heterocycles. The fraction of sp³-hybridized carbons (Fsp3) is 0.444. The van der Waals surface area contributed by atoms with Gasteiger partial charge in [-0.3, -0.25) is 0 Å². The molecule has 2 atom stereocenters. The van der Waals surface area contributed by atoms with Crippen LogP contribution < -0.4 is 15.0 Å². The van der Waals surface area contributed by atoms with Crippen LogP contribution in [0.2, 0.25) is 0 Å². The van der Waals surface area contributed by atoms with Crippen LogP contribution >= 0.6 is 23.1 Å². The van der Waals surface area contributed by atoms with Gasteiger partial charge in [-0.25, -0.2) is 9.78 Å². The van der Waals surface area contributed by atoms with Crippen molar-refractivity contribution >= 4 is 50.1 Å². The Labute approximate surface area is 225 Å². The van der Waals surface area contributed by atoms with E-state index in [-0.39, 0.29) is 23.8 Å². The molecule has 3 N–H and O–H groups in total. The van der Waals surface area contributed by atoms with Crippen LogP contribution in [0.4, 0.5) is 5.13 Å². The van der Waals surface area contributed by atoms with Gasteiger partial charge in [0.15, 0.2) is 5.71 Å². The lowest BCUT2D eigenvalue weighted by atomic mass is 10.1. The number of likely N-dealkylation sites (N-methyl/N-ethyl adjacent to an activating group) is 1. The molecule has 1 heterocycles.